The fourth-order valence-electron chi connectivity index (χ4n) is 8.54. The van der Waals surface area contributed by atoms with Gasteiger partial charge < -0.3 is 9.80 Å². The van der Waals surface area contributed by atoms with Crippen molar-refractivity contribution in [2.45, 2.75) is 127 Å². The van der Waals surface area contributed by atoms with E-state index in [1.807, 2.05) is 23.5 Å². The van der Waals surface area contributed by atoms with E-state index in [1.54, 1.807) is 0 Å². The van der Waals surface area contributed by atoms with E-state index < -0.39 is 0 Å². The van der Waals surface area contributed by atoms with Crippen molar-refractivity contribution in [1.29, 1.82) is 0 Å². The minimum Gasteiger partial charge on any atom is -0.337 e. The molecule has 0 saturated heterocycles. The summed E-state index contributed by atoms with van der Waals surface area (Å²) in [6.45, 7) is 43.6. The Kier molecular flexibility index (Phi) is 16.3. The molecule has 5 rings (SSSR count). The lowest BCUT2D eigenvalue weighted by Gasteiger charge is -2.42. The van der Waals surface area contributed by atoms with Crippen LogP contribution in [0.2, 0.25) is 0 Å². The van der Waals surface area contributed by atoms with Gasteiger partial charge in [0.1, 0.15) is 0 Å². The number of fused-ring (bicyclic) bond motifs is 4. The van der Waals surface area contributed by atoms with Gasteiger partial charge in [0.05, 0.1) is 5.69 Å². The Bertz CT molecular complexity index is 2420. The highest BCUT2D eigenvalue weighted by molar-refractivity contribution is 7.28. The molecule has 2 heterocycles. The largest absolute Gasteiger partial charge is 0.337 e. The zero-order valence-corrected chi connectivity index (χ0v) is 42.0. The SMILES string of the molecule is C=C/C=C1\C=C\N(C(/C=C/c2ccccc2C)=C(\C)C=C)C(/C=C\C(=C)C(C)(C)C)=C\[B]c2sc3cc4c(cc3c2N1C/C=C\C(=C/C)C(C)CCC(C)C)C(C)(C)CCC4(C)C. The third-order valence-corrected chi connectivity index (χ3v) is 14.4. The topological polar surface area (TPSA) is 6.48 Å². The molecule has 1 aliphatic heterocycles. The van der Waals surface area contributed by atoms with Gasteiger partial charge in [-0.1, -0.05) is 168 Å². The van der Waals surface area contributed by atoms with Crippen LogP contribution in [0.25, 0.3) is 16.2 Å². The van der Waals surface area contributed by atoms with Crippen LogP contribution < -0.4 is 9.68 Å². The zero-order chi connectivity index (χ0) is 46.3. The minimum atomic E-state index is -0.0792. The molecule has 331 valence electrons. The van der Waals surface area contributed by atoms with E-state index in [-0.39, 0.29) is 16.2 Å². The van der Waals surface area contributed by atoms with E-state index in [0.29, 0.717) is 18.4 Å². The summed E-state index contributed by atoms with van der Waals surface area (Å²) in [5, 5.41) is 1.30. The van der Waals surface area contributed by atoms with Crippen LogP contribution in [0.5, 0.6) is 0 Å². The lowest BCUT2D eigenvalue weighted by atomic mass is 9.63. The van der Waals surface area contributed by atoms with E-state index in [0.717, 1.165) is 28.2 Å². The maximum atomic E-state index is 4.50. The van der Waals surface area contributed by atoms with Gasteiger partial charge in [-0.15, -0.1) is 11.3 Å². The van der Waals surface area contributed by atoms with Crippen molar-refractivity contribution in [3.8, 4) is 0 Å². The molecule has 4 heteroatoms. The molecule has 63 heavy (non-hydrogen) atoms. The molecule has 2 aromatic carbocycles. The van der Waals surface area contributed by atoms with Crippen molar-refractivity contribution in [1.82, 2.24) is 4.90 Å². The van der Waals surface area contributed by atoms with E-state index in [2.05, 4.69) is 230 Å². The predicted octanol–water partition coefficient (Wildman–Crippen LogP) is 16.3. The number of benzene rings is 2. The Labute approximate surface area is 388 Å². The lowest BCUT2D eigenvalue weighted by molar-refractivity contribution is 0.332. The number of rotatable bonds is 14. The second kappa shape index (κ2) is 20.8. The van der Waals surface area contributed by atoms with Crippen LogP contribution in [0.3, 0.4) is 0 Å². The second-order valence-electron chi connectivity index (χ2n) is 20.5. The third-order valence-electron chi connectivity index (χ3n) is 13.3. The van der Waals surface area contributed by atoms with Gasteiger partial charge in [-0.25, -0.2) is 0 Å². The summed E-state index contributed by atoms with van der Waals surface area (Å²) in [4.78, 5) is 4.82. The molecule has 0 amide bonds. The molecule has 1 radical (unpaired) electrons. The summed E-state index contributed by atoms with van der Waals surface area (Å²) in [7, 11) is 2.35. The molecule has 3 aromatic rings. The maximum absolute atomic E-state index is 4.50. The van der Waals surface area contributed by atoms with Crippen LogP contribution >= 0.6 is 11.3 Å². The summed E-state index contributed by atoms with van der Waals surface area (Å²) in [5.41, 5.74) is 13.3. The smallest absolute Gasteiger partial charge is 0.200 e. The lowest BCUT2D eigenvalue weighted by Crippen LogP contribution is -2.33. The maximum Gasteiger partial charge on any atom is 0.200 e. The third kappa shape index (κ3) is 11.9. The Balaban J connectivity index is 1.82. The van der Waals surface area contributed by atoms with Gasteiger partial charge in [-0.3, -0.25) is 0 Å². The average Bonchev–Trinajstić information content (AvgIpc) is 3.59. The molecule has 1 aromatic heterocycles. The highest BCUT2D eigenvalue weighted by Crippen LogP contribution is 2.49. The fourth-order valence-corrected chi connectivity index (χ4v) is 9.68. The van der Waals surface area contributed by atoms with Crippen molar-refractivity contribution >= 4 is 45.2 Å². The Morgan fingerprint density at radius 1 is 0.937 bits per heavy atom. The molecule has 1 unspecified atom stereocenters. The number of hydrogen-bond acceptors (Lipinski definition) is 3. The second-order valence-corrected chi connectivity index (χ2v) is 21.6. The summed E-state index contributed by atoms with van der Waals surface area (Å²) in [6.07, 6.45) is 31.2. The molecule has 1 aliphatic carbocycles. The normalized spacial score (nSPS) is 19.8. The quantitative estimate of drug-likeness (QED) is 0.118. The van der Waals surface area contributed by atoms with E-state index >= 15 is 0 Å². The fraction of sp³-hybridized carbons (Fsp3) is 0.390. The molecule has 0 saturated carbocycles. The van der Waals surface area contributed by atoms with Gasteiger partial charge in [0.2, 0.25) is 7.28 Å². The number of aryl methyl sites for hydroxylation is 1. The molecule has 2 nitrogen and oxygen atoms in total. The van der Waals surface area contributed by atoms with Gasteiger partial charge >= 0.3 is 0 Å². The first-order chi connectivity index (χ1) is 29.7. The van der Waals surface area contributed by atoms with Crippen molar-refractivity contribution < 1.29 is 0 Å². The number of nitrogens with zero attached hydrogens (tertiary/aromatic N) is 2. The molecule has 0 bridgehead atoms. The molecular formula is C59H76BN2S. The molecular weight excluding hydrogens is 780 g/mol. The zero-order valence-electron chi connectivity index (χ0n) is 41.2. The van der Waals surface area contributed by atoms with Gasteiger partial charge in [0.25, 0.3) is 0 Å². The monoisotopic (exact) mass is 856 g/mol. The average molecular weight is 856 g/mol. The number of anilines is 1. The first-order valence-corrected chi connectivity index (χ1v) is 24.1. The Morgan fingerprint density at radius 2 is 1.62 bits per heavy atom. The highest BCUT2D eigenvalue weighted by Gasteiger charge is 2.38. The van der Waals surface area contributed by atoms with Crippen LogP contribution in [0, 0.1) is 24.2 Å². The van der Waals surface area contributed by atoms with Crippen molar-refractivity contribution in [3.63, 3.8) is 0 Å². The number of thiophene rings is 1. The standard InChI is InChI=1S/C59H76BN2S/c1-17-23-48-33-37-61(53(42(6)18-2)32-30-47-25-21-20-24-43(47)7)49(31-29-45(9)57(10,11)12)40-60-56-55(62(48)36-22-26-46(19-3)44(8)28-27-41(4)5)50-38-51-52(39-54(50)63-56)59(15,16)35-34-58(51,13)14/h17-26,29-33,37-41,44H,1-2,9,27-28,34-36H2,3-8,10-16H3/b26-22-,31-29-,32-30+,37-33+,46-19+,48-23+,49-40-,53-42+. The molecule has 2 aliphatic rings. The number of hydrogen-bond donors (Lipinski definition) is 0. The Morgan fingerprint density at radius 3 is 2.24 bits per heavy atom. The van der Waals surface area contributed by atoms with Crippen LogP contribution in [-0.4, -0.2) is 18.7 Å². The van der Waals surface area contributed by atoms with Crippen LogP contribution in [0.1, 0.15) is 131 Å². The van der Waals surface area contributed by atoms with Gasteiger partial charge in [0.15, 0.2) is 0 Å². The molecule has 0 spiro atoms. The van der Waals surface area contributed by atoms with E-state index in [1.165, 1.54) is 74.1 Å². The predicted molar refractivity (Wildman–Crippen MR) is 284 cm³/mol. The van der Waals surface area contributed by atoms with Crippen LogP contribution in [0.15, 0.2) is 163 Å². The molecule has 0 N–H and O–H groups in total. The van der Waals surface area contributed by atoms with Crippen molar-refractivity contribution in [2.75, 3.05) is 11.4 Å². The van der Waals surface area contributed by atoms with Crippen LogP contribution in [0.4, 0.5) is 5.69 Å². The summed E-state index contributed by atoms with van der Waals surface area (Å²) in [6, 6.07) is 13.6. The molecule has 1 atom stereocenters. The summed E-state index contributed by atoms with van der Waals surface area (Å²) < 4.78 is 2.54. The highest BCUT2D eigenvalue weighted by atomic mass is 32.1. The van der Waals surface area contributed by atoms with E-state index in [4.69, 9.17) is 0 Å². The first kappa shape index (κ1) is 49.2. The molecule has 0 fully saturated rings. The summed E-state index contributed by atoms with van der Waals surface area (Å²) >= 11 is 1.90. The van der Waals surface area contributed by atoms with Gasteiger partial charge in [-0.05, 0) is 148 Å². The number of allylic oxidation sites excluding steroid dienone is 12. The van der Waals surface area contributed by atoms with Crippen LogP contribution in [-0.2, 0) is 10.8 Å². The van der Waals surface area contributed by atoms with E-state index in [9.17, 15) is 0 Å². The first-order valence-electron chi connectivity index (χ1n) is 23.2. The minimum absolute atomic E-state index is 0.0792. The van der Waals surface area contributed by atoms with Crippen molar-refractivity contribution in [3.05, 3.63) is 185 Å². The Hall–Kier alpha value is -4.80. The van der Waals surface area contributed by atoms with Gasteiger partial charge in [0, 0.05) is 39.9 Å². The van der Waals surface area contributed by atoms with Crippen molar-refractivity contribution in [2.24, 2.45) is 17.3 Å². The van der Waals surface area contributed by atoms with Gasteiger partial charge in [-0.2, -0.15) is 0 Å². The summed E-state index contributed by atoms with van der Waals surface area (Å²) in [5.74, 6) is 3.47.